The second-order valence-corrected chi connectivity index (χ2v) is 4.46. The summed E-state index contributed by atoms with van der Waals surface area (Å²) in [6.45, 7) is 0. The summed E-state index contributed by atoms with van der Waals surface area (Å²) >= 11 is 1.86. The third-order valence-electron chi connectivity index (χ3n) is 2.23. The molecular weight excluding hydrogens is 337 g/mol. The predicted molar refractivity (Wildman–Crippen MR) is 65.1 cm³/mol. The Morgan fingerprint density at radius 1 is 1.18 bits per heavy atom. The lowest BCUT2D eigenvalue weighted by Gasteiger charge is -2.16. The average molecular weight is 342 g/mol. The highest BCUT2D eigenvalue weighted by atomic mass is 127. The van der Waals surface area contributed by atoms with Crippen molar-refractivity contribution in [3.05, 3.63) is 39.5 Å². The fraction of sp³-hybridized carbons (Fsp3) is 0. The quantitative estimate of drug-likeness (QED) is 0.564. The first kappa shape index (κ1) is 11.8. The van der Waals surface area contributed by atoms with Crippen molar-refractivity contribution >= 4 is 46.1 Å². The molecule has 86 valence electrons. The minimum atomic E-state index is -1.30. The van der Waals surface area contributed by atoms with E-state index in [2.05, 4.69) is 0 Å². The molecule has 0 aliphatic carbocycles. The molecule has 1 aliphatic rings. The number of carbonyl (C=O) groups excluding carboxylic acids is 3. The van der Waals surface area contributed by atoms with E-state index in [9.17, 15) is 19.5 Å². The molecule has 0 atom stereocenters. The van der Waals surface area contributed by atoms with Crippen LogP contribution in [0.25, 0.3) is 0 Å². The summed E-state index contributed by atoms with van der Waals surface area (Å²) in [7, 11) is 0. The Bertz CT molecular complexity index is 547. The minimum absolute atomic E-state index is 0.00482. The van der Waals surface area contributed by atoms with Gasteiger partial charge in [0, 0.05) is 15.7 Å². The number of anilines is 1. The highest BCUT2D eigenvalue weighted by Crippen LogP contribution is 2.26. The van der Waals surface area contributed by atoms with Gasteiger partial charge in [0.25, 0.3) is 11.8 Å². The van der Waals surface area contributed by atoms with Crippen LogP contribution in [0, 0.1) is 3.57 Å². The zero-order valence-corrected chi connectivity index (χ0v) is 10.5. The van der Waals surface area contributed by atoms with Crippen molar-refractivity contribution in [1.29, 1.82) is 0 Å². The van der Waals surface area contributed by atoms with Gasteiger partial charge in [0.05, 0.1) is 11.7 Å². The molecule has 0 unspecified atom stereocenters. The number of carboxylic acids is 1. The summed E-state index contributed by atoms with van der Waals surface area (Å²) in [5.41, 5.74) is 0.376. The Kier molecular flexibility index (Phi) is 2.97. The van der Waals surface area contributed by atoms with Crippen LogP contribution in [0.5, 0.6) is 0 Å². The van der Waals surface area contributed by atoms with Crippen molar-refractivity contribution in [3.8, 4) is 0 Å². The maximum atomic E-state index is 11.4. The van der Waals surface area contributed by atoms with E-state index in [0.29, 0.717) is 9.26 Å². The van der Waals surface area contributed by atoms with Gasteiger partial charge in [-0.25, -0.2) is 4.90 Å². The molecular formula is C11H5INO4-. The molecule has 0 saturated carbocycles. The highest BCUT2D eigenvalue weighted by Gasteiger charge is 2.26. The number of nitrogens with zero attached hydrogens (tertiary/aromatic N) is 1. The normalized spacial score (nSPS) is 14.5. The summed E-state index contributed by atoms with van der Waals surface area (Å²) < 4.78 is 0.495. The summed E-state index contributed by atoms with van der Waals surface area (Å²) in [6, 6.07) is 4.06. The van der Waals surface area contributed by atoms with Gasteiger partial charge in [-0.2, -0.15) is 0 Å². The summed E-state index contributed by atoms with van der Waals surface area (Å²) in [4.78, 5) is 34.5. The molecule has 0 bridgehead atoms. The molecule has 1 aliphatic heterocycles. The van der Waals surface area contributed by atoms with Crippen molar-refractivity contribution in [2.45, 2.75) is 0 Å². The van der Waals surface area contributed by atoms with Gasteiger partial charge in [0.1, 0.15) is 0 Å². The lowest BCUT2D eigenvalue weighted by molar-refractivity contribution is -0.255. The van der Waals surface area contributed by atoms with E-state index in [4.69, 9.17) is 0 Å². The molecule has 0 saturated heterocycles. The van der Waals surface area contributed by atoms with Crippen molar-refractivity contribution in [1.82, 2.24) is 0 Å². The molecule has 6 heteroatoms. The van der Waals surface area contributed by atoms with Crippen molar-refractivity contribution < 1.29 is 19.5 Å². The van der Waals surface area contributed by atoms with Gasteiger partial charge in [-0.3, -0.25) is 9.59 Å². The molecule has 17 heavy (non-hydrogen) atoms. The first-order chi connectivity index (χ1) is 8.00. The topological polar surface area (TPSA) is 77.5 Å². The number of amides is 2. The zero-order chi connectivity index (χ0) is 12.6. The maximum absolute atomic E-state index is 11.4. The minimum Gasteiger partial charge on any atom is -0.545 e. The van der Waals surface area contributed by atoms with Crippen LogP contribution in [-0.2, 0) is 9.59 Å². The third kappa shape index (κ3) is 2.07. The Balaban J connectivity index is 2.44. The van der Waals surface area contributed by atoms with Gasteiger partial charge in [-0.1, -0.05) is 6.07 Å². The second-order valence-electron chi connectivity index (χ2n) is 3.30. The number of carbonyl (C=O) groups is 3. The molecule has 0 spiro atoms. The molecule has 0 radical (unpaired) electrons. The van der Waals surface area contributed by atoms with Gasteiger partial charge >= 0.3 is 0 Å². The fourth-order valence-electron chi connectivity index (χ4n) is 1.45. The largest absolute Gasteiger partial charge is 0.545 e. The van der Waals surface area contributed by atoms with Gasteiger partial charge in [-0.15, -0.1) is 0 Å². The lowest BCUT2D eigenvalue weighted by Crippen LogP contribution is -2.30. The number of hydrogen-bond acceptors (Lipinski definition) is 4. The second kappa shape index (κ2) is 4.28. The SMILES string of the molecule is O=C([O-])c1ccc(N2C(=O)C=CC2=O)c(I)c1. The van der Waals surface area contributed by atoms with Gasteiger partial charge in [-0.05, 0) is 40.3 Å². The number of rotatable bonds is 2. The van der Waals surface area contributed by atoms with Crippen molar-refractivity contribution in [2.24, 2.45) is 0 Å². The lowest BCUT2D eigenvalue weighted by atomic mass is 10.2. The molecule has 0 aromatic heterocycles. The van der Waals surface area contributed by atoms with Crippen LogP contribution in [0.1, 0.15) is 10.4 Å². The number of hydrogen-bond donors (Lipinski definition) is 0. The predicted octanol–water partition coefficient (Wildman–Crippen LogP) is 0.0841. The zero-order valence-electron chi connectivity index (χ0n) is 8.34. The number of imide groups is 1. The van der Waals surface area contributed by atoms with Crippen LogP contribution in [0.3, 0.4) is 0 Å². The summed E-state index contributed by atoms with van der Waals surface area (Å²) in [5.74, 6) is -2.17. The molecule has 1 heterocycles. The Morgan fingerprint density at radius 3 is 2.24 bits per heavy atom. The average Bonchev–Trinajstić information content (AvgIpc) is 2.59. The van der Waals surface area contributed by atoms with Crippen LogP contribution >= 0.6 is 22.6 Å². The fourth-order valence-corrected chi connectivity index (χ4v) is 2.21. The van der Waals surface area contributed by atoms with Crippen LogP contribution in [-0.4, -0.2) is 17.8 Å². The van der Waals surface area contributed by atoms with Gasteiger partial charge < -0.3 is 9.90 Å². The van der Waals surface area contributed by atoms with Crippen LogP contribution in [0.15, 0.2) is 30.4 Å². The van der Waals surface area contributed by atoms with Crippen LogP contribution in [0.2, 0.25) is 0 Å². The molecule has 5 nitrogen and oxygen atoms in total. The van der Waals surface area contributed by atoms with Crippen LogP contribution < -0.4 is 10.0 Å². The van der Waals surface area contributed by atoms with E-state index in [1.807, 2.05) is 22.6 Å². The van der Waals surface area contributed by atoms with Crippen molar-refractivity contribution in [3.63, 3.8) is 0 Å². The maximum Gasteiger partial charge on any atom is 0.258 e. The number of benzene rings is 1. The van der Waals surface area contributed by atoms with Crippen LogP contribution in [0.4, 0.5) is 5.69 Å². The number of carboxylic acid groups (broad SMARTS) is 1. The van der Waals surface area contributed by atoms with E-state index < -0.39 is 17.8 Å². The molecule has 0 fully saturated rings. The van der Waals surface area contributed by atoms with E-state index in [1.54, 1.807) is 0 Å². The highest BCUT2D eigenvalue weighted by molar-refractivity contribution is 14.1. The Labute approximate surface area is 110 Å². The molecule has 1 aromatic carbocycles. The summed E-state index contributed by atoms with van der Waals surface area (Å²) in [5, 5.41) is 10.6. The number of aromatic carboxylic acids is 1. The molecule has 2 rings (SSSR count). The summed E-state index contributed by atoms with van der Waals surface area (Å²) in [6.07, 6.45) is 2.34. The Hall–Kier alpha value is -1.70. The first-order valence-electron chi connectivity index (χ1n) is 4.58. The van der Waals surface area contributed by atoms with Crippen molar-refractivity contribution in [2.75, 3.05) is 4.90 Å². The van der Waals surface area contributed by atoms with E-state index in [0.717, 1.165) is 4.90 Å². The Morgan fingerprint density at radius 2 is 1.76 bits per heavy atom. The molecule has 1 aromatic rings. The van der Waals surface area contributed by atoms with E-state index in [1.165, 1.54) is 30.4 Å². The molecule has 2 amide bonds. The smallest absolute Gasteiger partial charge is 0.258 e. The third-order valence-corrected chi connectivity index (χ3v) is 3.10. The van der Waals surface area contributed by atoms with Gasteiger partial charge in [0.2, 0.25) is 0 Å². The van der Waals surface area contributed by atoms with E-state index >= 15 is 0 Å². The van der Waals surface area contributed by atoms with Gasteiger partial charge in [0.15, 0.2) is 0 Å². The monoisotopic (exact) mass is 342 g/mol. The first-order valence-corrected chi connectivity index (χ1v) is 5.65. The molecule has 0 N–H and O–H groups in total. The standard InChI is InChI=1S/C11H6INO4/c12-7-5-6(11(16)17)1-2-8(7)13-9(14)3-4-10(13)15/h1-5H,(H,16,17)/p-1. The van der Waals surface area contributed by atoms with E-state index in [-0.39, 0.29) is 5.56 Å². The number of halogens is 1.